The highest BCUT2D eigenvalue weighted by molar-refractivity contribution is 7.81. The SMILES string of the molecule is CCC(CC)(Cc1c[nH]c(NC(=S)c2c(OC)cc(C(F)(F)F)cc2OC)n1)C1CCC1. The van der Waals surface area contributed by atoms with E-state index in [1.165, 1.54) is 33.5 Å². The van der Waals surface area contributed by atoms with Crippen LogP contribution in [0.5, 0.6) is 11.5 Å². The number of alkyl halides is 3. The average Bonchev–Trinajstić information content (AvgIpc) is 3.16. The van der Waals surface area contributed by atoms with Gasteiger partial charge in [0.2, 0.25) is 5.95 Å². The van der Waals surface area contributed by atoms with Crippen LogP contribution in [0.25, 0.3) is 0 Å². The third kappa shape index (κ3) is 4.87. The Kier molecular flexibility index (Phi) is 7.37. The third-order valence-corrected chi connectivity index (χ3v) is 7.14. The van der Waals surface area contributed by atoms with Crippen molar-refractivity contribution in [2.45, 2.75) is 58.5 Å². The maximum atomic E-state index is 13.2. The van der Waals surface area contributed by atoms with E-state index in [0.717, 1.165) is 43.0 Å². The zero-order valence-corrected chi connectivity index (χ0v) is 19.7. The van der Waals surface area contributed by atoms with Gasteiger partial charge in [-0.1, -0.05) is 32.5 Å². The largest absolute Gasteiger partial charge is 0.496 e. The van der Waals surface area contributed by atoms with E-state index in [4.69, 9.17) is 21.7 Å². The molecule has 0 amide bonds. The number of H-pyrrole nitrogens is 1. The molecule has 0 bridgehead atoms. The number of nitrogens with one attached hydrogen (secondary N) is 2. The number of halogens is 3. The molecule has 3 rings (SSSR count). The molecule has 5 nitrogen and oxygen atoms in total. The van der Waals surface area contributed by atoms with Crippen molar-refractivity contribution in [3.05, 3.63) is 35.2 Å². The number of rotatable bonds is 9. The first-order chi connectivity index (χ1) is 15.2. The predicted molar refractivity (Wildman–Crippen MR) is 123 cm³/mol. The highest BCUT2D eigenvalue weighted by atomic mass is 32.1. The lowest BCUT2D eigenvalue weighted by atomic mass is 9.60. The van der Waals surface area contributed by atoms with Gasteiger partial charge in [0.1, 0.15) is 16.5 Å². The highest BCUT2D eigenvalue weighted by Crippen LogP contribution is 2.48. The van der Waals surface area contributed by atoms with Crippen LogP contribution in [0.2, 0.25) is 0 Å². The van der Waals surface area contributed by atoms with Crippen molar-refractivity contribution in [1.29, 1.82) is 0 Å². The molecule has 0 spiro atoms. The topological polar surface area (TPSA) is 59.2 Å². The molecule has 0 radical (unpaired) electrons. The highest BCUT2D eigenvalue weighted by Gasteiger charge is 2.39. The summed E-state index contributed by atoms with van der Waals surface area (Å²) in [6.07, 6.45) is 4.25. The van der Waals surface area contributed by atoms with Crippen molar-refractivity contribution >= 4 is 23.2 Å². The summed E-state index contributed by atoms with van der Waals surface area (Å²) >= 11 is 5.47. The van der Waals surface area contributed by atoms with Crippen LogP contribution in [0.1, 0.15) is 62.8 Å². The lowest BCUT2D eigenvalue weighted by molar-refractivity contribution is -0.137. The molecule has 2 N–H and O–H groups in total. The number of hydrogen-bond acceptors (Lipinski definition) is 4. The summed E-state index contributed by atoms with van der Waals surface area (Å²) in [5, 5.41) is 2.99. The van der Waals surface area contributed by atoms with E-state index in [1.54, 1.807) is 0 Å². The van der Waals surface area contributed by atoms with Crippen molar-refractivity contribution in [2.75, 3.05) is 19.5 Å². The molecular weight excluding hydrogens is 439 g/mol. The molecule has 1 heterocycles. The quantitative estimate of drug-likeness (QED) is 0.417. The second kappa shape index (κ2) is 9.68. The Hall–Kier alpha value is -2.29. The van der Waals surface area contributed by atoms with E-state index in [2.05, 4.69) is 29.1 Å². The molecule has 2 aromatic rings. The monoisotopic (exact) mass is 469 g/mol. The maximum absolute atomic E-state index is 13.2. The van der Waals surface area contributed by atoms with Gasteiger partial charge in [-0.3, -0.25) is 0 Å². The first-order valence-electron chi connectivity index (χ1n) is 10.9. The maximum Gasteiger partial charge on any atom is 0.416 e. The number of thiocarbonyl (C=S) groups is 1. The van der Waals surface area contributed by atoms with Gasteiger partial charge in [-0.15, -0.1) is 0 Å². The molecule has 32 heavy (non-hydrogen) atoms. The van der Waals surface area contributed by atoms with Crippen LogP contribution in [0.4, 0.5) is 19.1 Å². The minimum absolute atomic E-state index is 0.0260. The molecule has 1 saturated carbocycles. The fourth-order valence-corrected chi connectivity index (χ4v) is 4.88. The molecule has 1 aromatic carbocycles. The summed E-state index contributed by atoms with van der Waals surface area (Å²) in [6, 6.07) is 1.82. The zero-order valence-electron chi connectivity index (χ0n) is 18.9. The Balaban J connectivity index is 1.82. The van der Waals surface area contributed by atoms with Crippen LogP contribution in [0, 0.1) is 11.3 Å². The first kappa shape index (κ1) is 24.4. The Labute approximate surface area is 192 Å². The van der Waals surface area contributed by atoms with Crippen molar-refractivity contribution < 1.29 is 22.6 Å². The molecular formula is C23H30F3N3O2S. The van der Waals surface area contributed by atoms with E-state index >= 15 is 0 Å². The number of ether oxygens (including phenoxy) is 2. The van der Waals surface area contributed by atoms with E-state index in [9.17, 15) is 13.2 Å². The number of nitrogens with zero attached hydrogens (tertiary/aromatic N) is 1. The molecule has 1 aliphatic rings. The van der Waals surface area contributed by atoms with Crippen molar-refractivity contribution in [3.63, 3.8) is 0 Å². The molecule has 0 atom stereocenters. The van der Waals surface area contributed by atoms with Crippen molar-refractivity contribution in [2.24, 2.45) is 11.3 Å². The van der Waals surface area contributed by atoms with Crippen molar-refractivity contribution in [1.82, 2.24) is 9.97 Å². The van der Waals surface area contributed by atoms with Gasteiger partial charge in [-0.2, -0.15) is 13.2 Å². The lowest BCUT2D eigenvalue weighted by Crippen LogP contribution is -2.36. The molecule has 0 unspecified atom stereocenters. The van der Waals surface area contributed by atoms with E-state index in [1.807, 2.05) is 6.20 Å². The van der Waals surface area contributed by atoms with Gasteiger partial charge in [0.25, 0.3) is 0 Å². The van der Waals surface area contributed by atoms with Crippen LogP contribution < -0.4 is 14.8 Å². The molecule has 0 saturated heterocycles. The molecule has 0 aliphatic heterocycles. The summed E-state index contributed by atoms with van der Waals surface area (Å²) in [4.78, 5) is 7.90. The van der Waals surface area contributed by atoms with Crippen molar-refractivity contribution in [3.8, 4) is 11.5 Å². The fourth-order valence-electron chi connectivity index (χ4n) is 4.59. The van der Waals surface area contributed by atoms with Gasteiger partial charge in [0.15, 0.2) is 0 Å². The lowest BCUT2D eigenvalue weighted by Gasteiger charge is -2.44. The number of anilines is 1. The van der Waals surface area contributed by atoms with E-state index < -0.39 is 11.7 Å². The van der Waals surface area contributed by atoms with Gasteiger partial charge in [-0.05, 0) is 55.6 Å². The van der Waals surface area contributed by atoms with Crippen LogP contribution in [0.15, 0.2) is 18.3 Å². The van der Waals surface area contributed by atoms with Gasteiger partial charge >= 0.3 is 6.18 Å². The van der Waals surface area contributed by atoms with Gasteiger partial charge < -0.3 is 19.8 Å². The second-order valence-corrected chi connectivity index (χ2v) is 8.73. The fraction of sp³-hybridized carbons (Fsp3) is 0.565. The van der Waals surface area contributed by atoms with E-state index in [0.29, 0.717) is 5.95 Å². The summed E-state index contributed by atoms with van der Waals surface area (Å²) in [6.45, 7) is 4.48. The number of aromatic nitrogens is 2. The molecule has 1 aromatic heterocycles. The first-order valence-corrected chi connectivity index (χ1v) is 11.3. The summed E-state index contributed by atoms with van der Waals surface area (Å²) in [5.41, 5.74) is 0.550. The van der Waals surface area contributed by atoms with Crippen LogP contribution in [0.3, 0.4) is 0 Å². The number of methoxy groups -OCH3 is 2. The Morgan fingerprint density at radius 3 is 2.19 bits per heavy atom. The zero-order chi connectivity index (χ0) is 23.5. The van der Waals surface area contributed by atoms with Crippen LogP contribution in [-0.2, 0) is 12.6 Å². The van der Waals surface area contributed by atoms with Crippen LogP contribution >= 0.6 is 12.2 Å². The molecule has 176 valence electrons. The minimum Gasteiger partial charge on any atom is -0.496 e. The Morgan fingerprint density at radius 2 is 1.75 bits per heavy atom. The van der Waals surface area contributed by atoms with Gasteiger partial charge in [0.05, 0.1) is 31.0 Å². The molecule has 1 aliphatic carbocycles. The molecule has 1 fully saturated rings. The summed E-state index contributed by atoms with van der Waals surface area (Å²) in [5.74, 6) is 1.11. The Morgan fingerprint density at radius 1 is 1.16 bits per heavy atom. The normalized spacial score (nSPS) is 14.7. The van der Waals surface area contributed by atoms with E-state index in [-0.39, 0.29) is 27.5 Å². The number of hydrogen-bond donors (Lipinski definition) is 2. The summed E-state index contributed by atoms with van der Waals surface area (Å²) in [7, 11) is 2.59. The van der Waals surface area contributed by atoms with Crippen LogP contribution in [-0.4, -0.2) is 29.2 Å². The summed E-state index contributed by atoms with van der Waals surface area (Å²) < 4.78 is 50.0. The smallest absolute Gasteiger partial charge is 0.416 e. The third-order valence-electron chi connectivity index (χ3n) is 6.84. The Bertz CT molecular complexity index is 925. The molecule has 9 heteroatoms. The number of benzene rings is 1. The standard InChI is InChI=1S/C23H30F3N3O2S/c1-5-22(6-2,14-8-7-9-14)12-16-13-27-21(28-16)29-20(32)19-17(30-3)10-15(23(24,25)26)11-18(19)31-4/h10-11,13-14H,5-9,12H2,1-4H3,(H2,27,28,29,32). The average molecular weight is 470 g/mol. The second-order valence-electron chi connectivity index (χ2n) is 8.32. The minimum atomic E-state index is -4.53. The van der Waals surface area contributed by atoms with Gasteiger partial charge in [-0.25, -0.2) is 4.98 Å². The van der Waals surface area contributed by atoms with Gasteiger partial charge in [0, 0.05) is 6.20 Å². The predicted octanol–water partition coefficient (Wildman–Crippen LogP) is 6.38. The number of aromatic amines is 1. The number of imidazole rings is 1.